The van der Waals surface area contributed by atoms with Gasteiger partial charge in [0.15, 0.2) is 5.89 Å². The number of oxazole rings is 1. The highest BCUT2D eigenvalue weighted by Gasteiger charge is 2.07. The molecule has 0 unspecified atom stereocenters. The summed E-state index contributed by atoms with van der Waals surface area (Å²) < 4.78 is 10.6. The molecule has 0 spiro atoms. The Morgan fingerprint density at radius 1 is 1.37 bits per heavy atom. The van der Waals surface area contributed by atoms with Gasteiger partial charge >= 0.3 is 5.97 Å². The fourth-order valence-corrected chi connectivity index (χ4v) is 1.69. The normalized spacial score (nSPS) is 10.4. The fourth-order valence-electron chi connectivity index (χ4n) is 1.69. The van der Waals surface area contributed by atoms with Crippen LogP contribution in [-0.4, -0.2) is 23.2 Å². The van der Waals surface area contributed by atoms with Gasteiger partial charge in [0.2, 0.25) is 0 Å². The first-order valence-corrected chi connectivity index (χ1v) is 5.95. The summed E-state index contributed by atoms with van der Waals surface area (Å²) in [6.45, 7) is 0. The van der Waals surface area contributed by atoms with Crippen molar-refractivity contribution in [3.8, 4) is 5.75 Å². The summed E-state index contributed by atoms with van der Waals surface area (Å²) in [6, 6.07) is 7.65. The molecule has 2 rings (SSSR count). The van der Waals surface area contributed by atoms with Crippen molar-refractivity contribution in [1.29, 1.82) is 0 Å². The lowest BCUT2D eigenvalue weighted by Crippen LogP contribution is -1.96. The second-order valence-corrected chi connectivity index (χ2v) is 4.14. The van der Waals surface area contributed by atoms with E-state index in [0.29, 0.717) is 24.5 Å². The number of aryl methyl sites for hydroxylation is 1. The maximum atomic E-state index is 10.5. The Balaban J connectivity index is 1.96. The zero-order chi connectivity index (χ0) is 13.7. The molecule has 0 saturated carbocycles. The lowest BCUT2D eigenvalue weighted by atomic mass is 10.1. The molecule has 1 heterocycles. The highest BCUT2D eigenvalue weighted by molar-refractivity contribution is 5.66. The summed E-state index contributed by atoms with van der Waals surface area (Å²) in [5.41, 5.74) is 1.06. The van der Waals surface area contributed by atoms with Gasteiger partial charge in [-0.05, 0) is 17.7 Å². The van der Waals surface area contributed by atoms with Crippen molar-refractivity contribution in [3.05, 3.63) is 47.7 Å². The third-order valence-electron chi connectivity index (χ3n) is 2.70. The van der Waals surface area contributed by atoms with Crippen LogP contribution in [0.3, 0.4) is 0 Å². The summed E-state index contributed by atoms with van der Waals surface area (Å²) in [5, 5.41) is 8.59. The van der Waals surface area contributed by atoms with Gasteiger partial charge in [-0.1, -0.05) is 12.1 Å². The molecule has 0 saturated heterocycles. The molecule has 2 aromatic rings. The van der Waals surface area contributed by atoms with Crippen LogP contribution in [0.2, 0.25) is 0 Å². The lowest BCUT2D eigenvalue weighted by molar-refractivity contribution is -0.137. The second kappa shape index (κ2) is 6.04. The average Bonchev–Trinajstić information content (AvgIpc) is 2.85. The molecule has 5 nitrogen and oxygen atoms in total. The summed E-state index contributed by atoms with van der Waals surface area (Å²) in [5.74, 6) is 1.16. The Morgan fingerprint density at radius 3 is 2.74 bits per heavy atom. The molecule has 0 radical (unpaired) electrons. The van der Waals surface area contributed by atoms with E-state index < -0.39 is 5.97 Å². The average molecular weight is 261 g/mol. The van der Waals surface area contributed by atoms with E-state index >= 15 is 0 Å². The molecule has 1 N–H and O–H groups in total. The maximum Gasteiger partial charge on any atom is 0.303 e. The first kappa shape index (κ1) is 13.1. The van der Waals surface area contributed by atoms with Crippen molar-refractivity contribution >= 4 is 5.97 Å². The highest BCUT2D eigenvalue weighted by atomic mass is 16.5. The number of methoxy groups -OCH3 is 1. The number of aliphatic carboxylic acids is 1. The summed E-state index contributed by atoms with van der Waals surface area (Å²) in [4.78, 5) is 14.6. The predicted molar refractivity (Wildman–Crippen MR) is 68.3 cm³/mol. The van der Waals surface area contributed by atoms with Gasteiger partial charge in [-0.15, -0.1) is 0 Å². The molecule has 1 aromatic carbocycles. The molecule has 0 aliphatic rings. The molecule has 5 heteroatoms. The first-order valence-electron chi connectivity index (χ1n) is 5.95. The van der Waals surface area contributed by atoms with E-state index in [1.165, 1.54) is 0 Å². The zero-order valence-corrected chi connectivity index (χ0v) is 10.6. The van der Waals surface area contributed by atoms with Crippen LogP contribution in [0.15, 0.2) is 34.9 Å². The zero-order valence-electron chi connectivity index (χ0n) is 10.6. The molecule has 0 aliphatic heterocycles. The number of carboxylic acid groups (broad SMARTS) is 1. The minimum Gasteiger partial charge on any atom is -0.497 e. The topological polar surface area (TPSA) is 72.6 Å². The number of rotatable bonds is 6. The molecule has 100 valence electrons. The van der Waals surface area contributed by atoms with Crippen LogP contribution in [-0.2, 0) is 17.6 Å². The Hall–Kier alpha value is -2.30. The molecular weight excluding hydrogens is 246 g/mol. The van der Waals surface area contributed by atoms with Crippen LogP contribution < -0.4 is 4.74 Å². The smallest absolute Gasteiger partial charge is 0.303 e. The standard InChI is InChI=1S/C14H15NO4/c1-18-11-4-2-10(3-5-11)8-13-15-9-12(19-13)6-7-14(16)17/h2-5,9H,6-8H2,1H3,(H,16,17). The Morgan fingerprint density at radius 2 is 2.11 bits per heavy atom. The Labute approximate surface area is 110 Å². The van der Waals surface area contributed by atoms with Crippen LogP contribution in [0, 0.1) is 0 Å². The minimum absolute atomic E-state index is 0.0527. The predicted octanol–water partition coefficient (Wildman–Crippen LogP) is 2.29. The van der Waals surface area contributed by atoms with Crippen molar-refractivity contribution in [2.75, 3.05) is 7.11 Å². The van der Waals surface area contributed by atoms with E-state index in [9.17, 15) is 4.79 Å². The monoisotopic (exact) mass is 261 g/mol. The quantitative estimate of drug-likeness (QED) is 0.863. The van der Waals surface area contributed by atoms with E-state index in [0.717, 1.165) is 11.3 Å². The number of hydrogen-bond donors (Lipinski definition) is 1. The van der Waals surface area contributed by atoms with Gasteiger partial charge in [0.1, 0.15) is 11.5 Å². The molecule has 0 atom stereocenters. The number of carboxylic acids is 1. The SMILES string of the molecule is COc1ccc(Cc2ncc(CCC(=O)O)o2)cc1. The van der Waals surface area contributed by atoms with Crippen LogP contribution >= 0.6 is 0 Å². The van der Waals surface area contributed by atoms with E-state index in [2.05, 4.69) is 4.98 Å². The van der Waals surface area contributed by atoms with E-state index in [4.69, 9.17) is 14.3 Å². The maximum absolute atomic E-state index is 10.5. The van der Waals surface area contributed by atoms with Gasteiger partial charge in [0.05, 0.1) is 19.7 Å². The second-order valence-electron chi connectivity index (χ2n) is 4.14. The summed E-state index contributed by atoms with van der Waals surface area (Å²) in [7, 11) is 1.62. The van der Waals surface area contributed by atoms with E-state index in [1.807, 2.05) is 24.3 Å². The molecule has 0 amide bonds. The number of hydrogen-bond acceptors (Lipinski definition) is 4. The molecule has 19 heavy (non-hydrogen) atoms. The molecule has 0 bridgehead atoms. The molecule has 1 aromatic heterocycles. The Kier molecular flexibility index (Phi) is 4.18. The van der Waals surface area contributed by atoms with Gasteiger partial charge in [-0.3, -0.25) is 4.79 Å². The third-order valence-corrected chi connectivity index (χ3v) is 2.70. The molecule has 0 aliphatic carbocycles. The van der Waals surface area contributed by atoms with E-state index in [-0.39, 0.29) is 6.42 Å². The van der Waals surface area contributed by atoms with Crippen LogP contribution in [0.1, 0.15) is 23.6 Å². The van der Waals surface area contributed by atoms with Gasteiger partial charge in [0, 0.05) is 12.8 Å². The van der Waals surface area contributed by atoms with Gasteiger partial charge in [0.25, 0.3) is 0 Å². The van der Waals surface area contributed by atoms with Crippen LogP contribution in [0.4, 0.5) is 0 Å². The van der Waals surface area contributed by atoms with E-state index in [1.54, 1.807) is 13.3 Å². The molecule has 0 fully saturated rings. The van der Waals surface area contributed by atoms with Gasteiger partial charge in [-0.25, -0.2) is 4.98 Å². The largest absolute Gasteiger partial charge is 0.497 e. The highest BCUT2D eigenvalue weighted by Crippen LogP contribution is 2.15. The number of aromatic nitrogens is 1. The van der Waals surface area contributed by atoms with Crippen molar-refractivity contribution < 1.29 is 19.1 Å². The van der Waals surface area contributed by atoms with Crippen molar-refractivity contribution in [2.24, 2.45) is 0 Å². The number of ether oxygens (including phenoxy) is 1. The first-order chi connectivity index (χ1) is 9.17. The fraction of sp³-hybridized carbons (Fsp3) is 0.286. The number of benzene rings is 1. The van der Waals surface area contributed by atoms with Gasteiger partial charge in [-0.2, -0.15) is 0 Å². The van der Waals surface area contributed by atoms with Crippen LogP contribution in [0.5, 0.6) is 5.75 Å². The number of nitrogens with zero attached hydrogens (tertiary/aromatic N) is 1. The Bertz CT molecular complexity index is 545. The minimum atomic E-state index is -0.840. The van der Waals surface area contributed by atoms with Crippen LogP contribution in [0.25, 0.3) is 0 Å². The summed E-state index contributed by atoms with van der Waals surface area (Å²) in [6.07, 6.45) is 2.58. The van der Waals surface area contributed by atoms with Gasteiger partial charge < -0.3 is 14.3 Å². The lowest BCUT2D eigenvalue weighted by Gasteiger charge is -2.01. The molecular formula is C14H15NO4. The third kappa shape index (κ3) is 3.84. The number of carbonyl (C=O) groups is 1. The summed E-state index contributed by atoms with van der Waals surface area (Å²) >= 11 is 0. The van der Waals surface area contributed by atoms with Crippen molar-refractivity contribution in [3.63, 3.8) is 0 Å². The van der Waals surface area contributed by atoms with Crippen molar-refractivity contribution in [2.45, 2.75) is 19.3 Å². The van der Waals surface area contributed by atoms with Crippen molar-refractivity contribution in [1.82, 2.24) is 4.98 Å².